The van der Waals surface area contributed by atoms with Crippen LogP contribution >= 0.6 is 11.8 Å². The number of amides is 2. The maximum Gasteiger partial charge on any atom is 0.321 e. The molecule has 2 aromatic carbocycles. The van der Waals surface area contributed by atoms with Gasteiger partial charge in [0.05, 0.1) is 0 Å². The molecule has 0 saturated heterocycles. The Hall–Kier alpha value is -2.47. The van der Waals surface area contributed by atoms with Crippen LogP contribution in [-0.4, -0.2) is 25.1 Å². The average Bonchev–Trinajstić information content (AvgIpc) is 2.70. The first-order valence-corrected chi connectivity index (χ1v) is 11.0. The Kier molecular flexibility index (Phi) is 9.57. The number of urea groups is 1. The summed E-state index contributed by atoms with van der Waals surface area (Å²) in [6, 6.07) is 15.4. The summed E-state index contributed by atoms with van der Waals surface area (Å²) in [6.07, 6.45) is 4.02. The number of unbranched alkanes of at least 4 members (excludes halogenated alkanes) is 2. The molecule has 2 amide bonds. The SMILES string of the molecule is CCCCNC(=O)N(CCCC)c1cccc(Sc2ccc(OC(C)=O)cc2)c1. The van der Waals surface area contributed by atoms with Gasteiger partial charge in [-0.2, -0.15) is 0 Å². The summed E-state index contributed by atoms with van der Waals surface area (Å²) in [7, 11) is 0. The van der Waals surface area contributed by atoms with Gasteiger partial charge >= 0.3 is 12.0 Å². The summed E-state index contributed by atoms with van der Waals surface area (Å²) in [5.41, 5.74) is 0.897. The molecule has 0 unspecified atom stereocenters. The summed E-state index contributed by atoms with van der Waals surface area (Å²) in [5.74, 6) is 0.201. The molecule has 0 aliphatic heterocycles. The van der Waals surface area contributed by atoms with Gasteiger partial charge in [-0.25, -0.2) is 4.79 Å². The van der Waals surface area contributed by atoms with Crippen LogP contribution in [-0.2, 0) is 4.79 Å². The third kappa shape index (κ3) is 7.81. The molecule has 2 aromatic rings. The van der Waals surface area contributed by atoms with Crippen LogP contribution in [0.2, 0.25) is 0 Å². The van der Waals surface area contributed by atoms with Gasteiger partial charge in [0, 0.05) is 35.5 Å². The summed E-state index contributed by atoms with van der Waals surface area (Å²) >= 11 is 1.60. The summed E-state index contributed by atoms with van der Waals surface area (Å²) in [5, 5.41) is 3.02. The van der Waals surface area contributed by atoms with Crippen molar-refractivity contribution >= 4 is 29.4 Å². The number of ether oxygens (including phenoxy) is 1. The smallest absolute Gasteiger partial charge is 0.321 e. The van der Waals surface area contributed by atoms with E-state index < -0.39 is 0 Å². The number of hydrogen-bond acceptors (Lipinski definition) is 4. The van der Waals surface area contributed by atoms with E-state index in [1.54, 1.807) is 23.9 Å². The van der Waals surface area contributed by atoms with Gasteiger partial charge in [-0.05, 0) is 55.3 Å². The molecule has 0 aliphatic rings. The second kappa shape index (κ2) is 12.2. The number of esters is 1. The molecule has 1 N–H and O–H groups in total. The van der Waals surface area contributed by atoms with E-state index in [0.717, 1.165) is 41.2 Å². The van der Waals surface area contributed by atoms with Crippen molar-refractivity contribution in [1.29, 1.82) is 0 Å². The zero-order valence-corrected chi connectivity index (χ0v) is 18.3. The van der Waals surface area contributed by atoms with Gasteiger partial charge in [-0.3, -0.25) is 9.69 Å². The number of anilines is 1. The molecule has 0 spiro atoms. The minimum atomic E-state index is -0.331. The highest BCUT2D eigenvalue weighted by molar-refractivity contribution is 7.99. The number of nitrogens with zero attached hydrogens (tertiary/aromatic N) is 1. The van der Waals surface area contributed by atoms with Gasteiger partial charge in [0.1, 0.15) is 5.75 Å². The van der Waals surface area contributed by atoms with Crippen LogP contribution < -0.4 is 15.0 Å². The van der Waals surface area contributed by atoms with E-state index in [2.05, 4.69) is 19.2 Å². The first-order valence-electron chi connectivity index (χ1n) is 10.1. The van der Waals surface area contributed by atoms with Gasteiger partial charge in [-0.15, -0.1) is 0 Å². The second-order valence-corrected chi connectivity index (χ2v) is 7.90. The van der Waals surface area contributed by atoms with E-state index >= 15 is 0 Å². The molecule has 0 aliphatic carbocycles. The number of rotatable bonds is 10. The van der Waals surface area contributed by atoms with Crippen molar-refractivity contribution < 1.29 is 14.3 Å². The number of nitrogens with one attached hydrogen (secondary N) is 1. The monoisotopic (exact) mass is 414 g/mol. The topological polar surface area (TPSA) is 58.6 Å². The van der Waals surface area contributed by atoms with E-state index in [9.17, 15) is 9.59 Å². The predicted octanol–water partition coefficient (Wildman–Crippen LogP) is 5.88. The zero-order chi connectivity index (χ0) is 21.1. The lowest BCUT2D eigenvalue weighted by Gasteiger charge is -2.23. The molecular formula is C23H30N2O3S. The normalized spacial score (nSPS) is 10.4. The van der Waals surface area contributed by atoms with Crippen LogP contribution in [0.4, 0.5) is 10.5 Å². The molecule has 0 saturated carbocycles. The van der Waals surface area contributed by atoms with Gasteiger partial charge in [0.25, 0.3) is 0 Å². The van der Waals surface area contributed by atoms with Crippen molar-refractivity contribution in [2.24, 2.45) is 0 Å². The lowest BCUT2D eigenvalue weighted by Crippen LogP contribution is -2.41. The zero-order valence-electron chi connectivity index (χ0n) is 17.4. The third-order valence-electron chi connectivity index (χ3n) is 4.24. The van der Waals surface area contributed by atoms with Crippen molar-refractivity contribution in [2.75, 3.05) is 18.0 Å². The molecule has 6 heteroatoms. The highest BCUT2D eigenvalue weighted by Crippen LogP contribution is 2.31. The maximum absolute atomic E-state index is 12.7. The molecule has 0 bridgehead atoms. The van der Waals surface area contributed by atoms with Crippen molar-refractivity contribution in [3.63, 3.8) is 0 Å². The Morgan fingerprint density at radius 2 is 1.72 bits per heavy atom. The van der Waals surface area contributed by atoms with Crippen LogP contribution in [0.15, 0.2) is 58.3 Å². The molecule has 0 fully saturated rings. The van der Waals surface area contributed by atoms with E-state index in [0.29, 0.717) is 18.8 Å². The predicted molar refractivity (Wildman–Crippen MR) is 119 cm³/mol. The first kappa shape index (κ1) is 22.8. The minimum absolute atomic E-state index is 0.0419. The van der Waals surface area contributed by atoms with Gasteiger partial charge in [0.2, 0.25) is 0 Å². The van der Waals surface area contributed by atoms with Gasteiger partial charge < -0.3 is 10.1 Å². The molecular weight excluding hydrogens is 384 g/mol. The van der Waals surface area contributed by atoms with Crippen LogP contribution in [0, 0.1) is 0 Å². The highest BCUT2D eigenvalue weighted by atomic mass is 32.2. The fourth-order valence-electron chi connectivity index (χ4n) is 2.72. The van der Waals surface area contributed by atoms with E-state index in [-0.39, 0.29) is 12.0 Å². The van der Waals surface area contributed by atoms with Crippen molar-refractivity contribution in [1.82, 2.24) is 5.32 Å². The molecule has 29 heavy (non-hydrogen) atoms. The highest BCUT2D eigenvalue weighted by Gasteiger charge is 2.15. The largest absolute Gasteiger partial charge is 0.427 e. The third-order valence-corrected chi connectivity index (χ3v) is 5.23. The molecule has 0 aromatic heterocycles. The lowest BCUT2D eigenvalue weighted by atomic mass is 10.2. The molecule has 0 heterocycles. The Morgan fingerprint density at radius 1 is 1.00 bits per heavy atom. The number of carbonyl (C=O) groups excluding carboxylic acids is 2. The lowest BCUT2D eigenvalue weighted by molar-refractivity contribution is -0.131. The maximum atomic E-state index is 12.7. The average molecular weight is 415 g/mol. The minimum Gasteiger partial charge on any atom is -0.427 e. The summed E-state index contributed by atoms with van der Waals surface area (Å²) in [6.45, 7) is 7.01. The number of carbonyl (C=O) groups is 2. The van der Waals surface area contributed by atoms with Gasteiger partial charge in [0.15, 0.2) is 0 Å². The summed E-state index contributed by atoms with van der Waals surface area (Å²) in [4.78, 5) is 27.6. The summed E-state index contributed by atoms with van der Waals surface area (Å²) < 4.78 is 5.07. The number of hydrogen-bond donors (Lipinski definition) is 1. The van der Waals surface area contributed by atoms with Crippen LogP contribution in [0.25, 0.3) is 0 Å². The van der Waals surface area contributed by atoms with E-state index in [4.69, 9.17) is 4.74 Å². The second-order valence-electron chi connectivity index (χ2n) is 6.76. The quantitative estimate of drug-likeness (QED) is 0.300. The Labute approximate surface area is 177 Å². The van der Waals surface area contributed by atoms with Crippen molar-refractivity contribution in [3.05, 3.63) is 48.5 Å². The van der Waals surface area contributed by atoms with Crippen LogP contribution in [0.3, 0.4) is 0 Å². The fourth-order valence-corrected chi connectivity index (χ4v) is 3.59. The molecule has 0 radical (unpaired) electrons. The van der Waals surface area contributed by atoms with Gasteiger partial charge in [-0.1, -0.05) is 44.5 Å². The molecule has 156 valence electrons. The Bertz CT molecular complexity index is 793. The number of benzene rings is 2. The Morgan fingerprint density at radius 3 is 2.38 bits per heavy atom. The standard InChI is InChI=1S/C23H30N2O3S/c1-4-6-15-24-23(27)25(16-7-5-2)19-9-8-10-22(17-19)29-21-13-11-20(12-14-21)28-18(3)26/h8-14,17H,4-7,15-16H2,1-3H3,(H,24,27). The van der Waals surface area contributed by atoms with Crippen molar-refractivity contribution in [3.8, 4) is 5.75 Å². The van der Waals surface area contributed by atoms with Crippen molar-refractivity contribution in [2.45, 2.75) is 56.2 Å². The first-order chi connectivity index (χ1) is 14.0. The molecule has 2 rings (SSSR count). The fraction of sp³-hybridized carbons (Fsp3) is 0.391. The molecule has 5 nitrogen and oxygen atoms in total. The van der Waals surface area contributed by atoms with E-state index in [1.807, 2.05) is 41.3 Å². The van der Waals surface area contributed by atoms with E-state index in [1.165, 1.54) is 6.92 Å². The molecule has 0 atom stereocenters. The van der Waals surface area contributed by atoms with Crippen LogP contribution in [0.5, 0.6) is 5.75 Å². The Balaban J connectivity index is 2.11. The van der Waals surface area contributed by atoms with Crippen LogP contribution in [0.1, 0.15) is 46.5 Å².